The molecular formula is C25H40N4O2. The highest BCUT2D eigenvalue weighted by Crippen LogP contribution is 2.30. The minimum absolute atomic E-state index is 0.172. The number of hydrogen-bond acceptors (Lipinski definition) is 3. The van der Waals surface area contributed by atoms with Crippen LogP contribution in [0.3, 0.4) is 0 Å². The number of guanidine groups is 1. The minimum Gasteiger partial charge on any atom is -0.493 e. The second-order valence-corrected chi connectivity index (χ2v) is 8.81. The fourth-order valence-electron chi connectivity index (χ4n) is 4.09. The van der Waals surface area contributed by atoms with E-state index in [1.807, 2.05) is 23.1 Å². The maximum absolute atomic E-state index is 12.6. The van der Waals surface area contributed by atoms with Crippen LogP contribution in [0.5, 0.6) is 5.75 Å². The summed E-state index contributed by atoms with van der Waals surface area (Å²) < 4.78 is 6.03. The van der Waals surface area contributed by atoms with E-state index in [0.29, 0.717) is 18.5 Å². The average Bonchev–Trinajstić information content (AvgIpc) is 3.62. The lowest BCUT2D eigenvalue weighted by atomic mass is 9.98. The highest BCUT2D eigenvalue weighted by Gasteiger charge is 2.27. The second-order valence-electron chi connectivity index (χ2n) is 8.81. The van der Waals surface area contributed by atoms with Crippen LogP contribution in [-0.4, -0.2) is 49.0 Å². The first-order chi connectivity index (χ1) is 15.1. The van der Waals surface area contributed by atoms with E-state index in [2.05, 4.69) is 37.5 Å². The summed E-state index contributed by atoms with van der Waals surface area (Å²) in [6.07, 6.45) is 6.34. The zero-order valence-corrected chi connectivity index (χ0v) is 19.5. The molecule has 1 aromatic carbocycles. The molecule has 6 nitrogen and oxygen atoms in total. The van der Waals surface area contributed by atoms with Crippen LogP contribution in [0.1, 0.15) is 64.9 Å². The molecule has 0 aromatic heterocycles. The largest absolute Gasteiger partial charge is 0.493 e. The van der Waals surface area contributed by atoms with Gasteiger partial charge in [-0.2, -0.15) is 0 Å². The number of likely N-dealkylation sites (tertiary alicyclic amines) is 1. The van der Waals surface area contributed by atoms with E-state index in [4.69, 9.17) is 9.73 Å². The molecule has 1 aliphatic heterocycles. The Kier molecular flexibility index (Phi) is 9.04. The number of benzene rings is 1. The molecule has 1 aliphatic carbocycles. The molecule has 6 heteroatoms. The number of hydrogen-bond donors (Lipinski definition) is 2. The molecule has 0 spiro atoms. The van der Waals surface area contributed by atoms with Crippen LogP contribution in [-0.2, 0) is 11.3 Å². The van der Waals surface area contributed by atoms with Gasteiger partial charge in [-0.1, -0.05) is 32.0 Å². The van der Waals surface area contributed by atoms with Crippen molar-refractivity contribution in [3.8, 4) is 5.75 Å². The van der Waals surface area contributed by atoms with Crippen LogP contribution in [0.15, 0.2) is 29.3 Å². The molecule has 0 unspecified atom stereocenters. The average molecular weight is 429 g/mol. The van der Waals surface area contributed by atoms with Gasteiger partial charge in [0.1, 0.15) is 5.75 Å². The van der Waals surface area contributed by atoms with Gasteiger partial charge < -0.3 is 20.3 Å². The molecule has 2 aliphatic rings. The summed E-state index contributed by atoms with van der Waals surface area (Å²) in [5, 5.41) is 6.95. The standard InChI is InChI=1S/C25H40N4O2/c1-4-20(5-2)24(30)29-15-13-22(14-16-29)28-25(26-6-3)27-17-21-9-7-8-10-23(21)31-18-19-11-12-19/h7-10,19-20,22H,4-6,11-18H2,1-3H3,(H2,26,27,28). The molecule has 2 N–H and O–H groups in total. The van der Waals surface area contributed by atoms with E-state index in [9.17, 15) is 4.79 Å². The second kappa shape index (κ2) is 12.0. The van der Waals surface area contributed by atoms with Gasteiger partial charge in [-0.3, -0.25) is 4.79 Å². The topological polar surface area (TPSA) is 66.0 Å². The third kappa shape index (κ3) is 7.15. The minimum atomic E-state index is 0.172. The zero-order valence-electron chi connectivity index (χ0n) is 19.5. The van der Waals surface area contributed by atoms with E-state index < -0.39 is 0 Å². The van der Waals surface area contributed by atoms with Gasteiger partial charge in [-0.15, -0.1) is 0 Å². The first-order valence-electron chi connectivity index (χ1n) is 12.2. The number of carbonyl (C=O) groups excluding carboxylic acids is 1. The number of nitrogens with zero attached hydrogens (tertiary/aromatic N) is 2. The number of para-hydroxylation sites is 1. The van der Waals surface area contributed by atoms with Gasteiger partial charge in [-0.25, -0.2) is 4.99 Å². The molecule has 1 amide bonds. The summed E-state index contributed by atoms with van der Waals surface area (Å²) >= 11 is 0. The van der Waals surface area contributed by atoms with E-state index >= 15 is 0 Å². The van der Waals surface area contributed by atoms with Crippen LogP contribution in [0.2, 0.25) is 0 Å². The van der Waals surface area contributed by atoms with Crippen molar-refractivity contribution in [3.05, 3.63) is 29.8 Å². The Bertz CT molecular complexity index is 720. The first kappa shape index (κ1) is 23.4. The Morgan fingerprint density at radius 2 is 1.84 bits per heavy atom. The Hall–Kier alpha value is -2.24. The van der Waals surface area contributed by atoms with Crippen molar-refractivity contribution in [2.45, 2.75) is 71.9 Å². The SMILES string of the molecule is CCNC(=NCc1ccccc1OCC1CC1)NC1CCN(C(=O)C(CC)CC)CC1. The molecule has 1 aromatic rings. The number of aliphatic imine (C=N–C) groups is 1. The molecule has 172 valence electrons. The fourth-order valence-corrected chi connectivity index (χ4v) is 4.09. The first-order valence-corrected chi connectivity index (χ1v) is 12.2. The number of carbonyl (C=O) groups is 1. The Labute approximate surface area is 187 Å². The maximum Gasteiger partial charge on any atom is 0.225 e. The van der Waals surface area contributed by atoms with E-state index in [1.165, 1.54) is 12.8 Å². The number of nitrogens with one attached hydrogen (secondary N) is 2. The maximum atomic E-state index is 12.6. The quantitative estimate of drug-likeness (QED) is 0.437. The van der Waals surface area contributed by atoms with Gasteiger partial charge in [0.05, 0.1) is 13.2 Å². The zero-order chi connectivity index (χ0) is 22.1. The predicted octanol–water partition coefficient (Wildman–Crippen LogP) is 3.96. The van der Waals surface area contributed by atoms with Gasteiger partial charge in [-0.05, 0) is 57.4 Å². The molecule has 31 heavy (non-hydrogen) atoms. The molecular weight excluding hydrogens is 388 g/mol. The van der Waals surface area contributed by atoms with Crippen molar-refractivity contribution in [1.29, 1.82) is 0 Å². The van der Waals surface area contributed by atoms with Gasteiger partial charge in [0, 0.05) is 37.2 Å². The lowest BCUT2D eigenvalue weighted by Crippen LogP contribution is -2.50. The lowest BCUT2D eigenvalue weighted by Gasteiger charge is -2.34. The summed E-state index contributed by atoms with van der Waals surface area (Å²) in [5.41, 5.74) is 1.12. The van der Waals surface area contributed by atoms with Gasteiger partial charge in [0.25, 0.3) is 0 Å². The molecule has 1 heterocycles. The van der Waals surface area contributed by atoms with E-state index in [1.54, 1.807) is 0 Å². The molecule has 1 saturated carbocycles. The van der Waals surface area contributed by atoms with Crippen LogP contribution >= 0.6 is 0 Å². The van der Waals surface area contributed by atoms with Crippen molar-refractivity contribution in [2.24, 2.45) is 16.8 Å². The lowest BCUT2D eigenvalue weighted by molar-refractivity contribution is -0.136. The highest BCUT2D eigenvalue weighted by atomic mass is 16.5. The van der Waals surface area contributed by atoms with Crippen LogP contribution in [0.25, 0.3) is 0 Å². The van der Waals surface area contributed by atoms with Crippen LogP contribution in [0, 0.1) is 11.8 Å². The Morgan fingerprint density at radius 3 is 2.48 bits per heavy atom. The van der Waals surface area contributed by atoms with E-state index in [0.717, 1.165) is 75.1 Å². The monoisotopic (exact) mass is 428 g/mol. The third-order valence-corrected chi connectivity index (χ3v) is 6.38. The van der Waals surface area contributed by atoms with Gasteiger partial charge in [0.15, 0.2) is 5.96 Å². The predicted molar refractivity (Wildman–Crippen MR) is 126 cm³/mol. The Balaban J connectivity index is 1.53. The highest BCUT2D eigenvalue weighted by molar-refractivity contribution is 5.80. The number of rotatable bonds is 10. The number of amides is 1. The summed E-state index contributed by atoms with van der Waals surface area (Å²) in [4.78, 5) is 19.5. The van der Waals surface area contributed by atoms with Gasteiger partial charge >= 0.3 is 0 Å². The van der Waals surface area contributed by atoms with Crippen molar-refractivity contribution in [3.63, 3.8) is 0 Å². The van der Waals surface area contributed by atoms with E-state index in [-0.39, 0.29) is 5.92 Å². The summed E-state index contributed by atoms with van der Waals surface area (Å²) in [5.74, 6) is 3.02. The summed E-state index contributed by atoms with van der Waals surface area (Å²) in [7, 11) is 0. The van der Waals surface area contributed by atoms with Crippen LogP contribution < -0.4 is 15.4 Å². The molecule has 0 radical (unpaired) electrons. The fraction of sp³-hybridized carbons (Fsp3) is 0.680. The normalized spacial score (nSPS) is 17.7. The molecule has 1 saturated heterocycles. The number of piperidine rings is 1. The van der Waals surface area contributed by atoms with Crippen molar-refractivity contribution >= 4 is 11.9 Å². The third-order valence-electron chi connectivity index (χ3n) is 6.38. The summed E-state index contributed by atoms with van der Waals surface area (Å²) in [6.45, 7) is 10.2. The summed E-state index contributed by atoms with van der Waals surface area (Å²) in [6, 6.07) is 8.54. The smallest absolute Gasteiger partial charge is 0.225 e. The van der Waals surface area contributed by atoms with Crippen LogP contribution in [0.4, 0.5) is 0 Å². The number of ether oxygens (including phenoxy) is 1. The Morgan fingerprint density at radius 1 is 1.13 bits per heavy atom. The molecule has 0 bridgehead atoms. The van der Waals surface area contributed by atoms with Gasteiger partial charge in [0.2, 0.25) is 5.91 Å². The molecule has 2 fully saturated rings. The van der Waals surface area contributed by atoms with Crippen molar-refractivity contribution in [2.75, 3.05) is 26.2 Å². The van der Waals surface area contributed by atoms with Crippen molar-refractivity contribution in [1.82, 2.24) is 15.5 Å². The van der Waals surface area contributed by atoms with Crippen molar-refractivity contribution < 1.29 is 9.53 Å². The molecule has 3 rings (SSSR count). The molecule has 0 atom stereocenters.